The van der Waals surface area contributed by atoms with Crippen molar-refractivity contribution < 1.29 is 18.4 Å². The van der Waals surface area contributed by atoms with Crippen molar-refractivity contribution in [1.29, 1.82) is 0 Å². The normalized spacial score (nSPS) is 16.5. The minimum absolute atomic E-state index is 0.586. The van der Waals surface area contributed by atoms with Crippen molar-refractivity contribution in [2.45, 2.75) is 131 Å². The molecule has 4 nitrogen and oxygen atoms in total. The van der Waals surface area contributed by atoms with Crippen LogP contribution in [0.4, 0.5) is 0 Å². The summed E-state index contributed by atoms with van der Waals surface area (Å²) in [7, 11) is -2.67. The van der Waals surface area contributed by atoms with Crippen LogP contribution in [0, 0.1) is 17.8 Å². The Hall–Kier alpha value is 0.0569. The maximum Gasteiger partial charge on any atom is 0.501 e. The molecule has 0 rings (SSSR count). The fourth-order valence-corrected chi connectivity index (χ4v) is 7.21. The molecule has 0 aromatic heterocycles. The van der Waals surface area contributed by atoms with Crippen LogP contribution in [0.2, 0.25) is 6.04 Å². The highest BCUT2D eigenvalue weighted by atomic mass is 28.4. The second-order valence-electron chi connectivity index (χ2n) is 10.3. The van der Waals surface area contributed by atoms with Gasteiger partial charge in [-0.1, -0.05) is 79.1 Å². The summed E-state index contributed by atoms with van der Waals surface area (Å²) in [4.78, 5) is 0. The maximum atomic E-state index is 10.9. The van der Waals surface area contributed by atoms with E-state index in [-0.39, 0.29) is 0 Å². The van der Waals surface area contributed by atoms with Gasteiger partial charge in [-0.2, -0.15) is 0 Å². The monoisotopic (exact) mass is 460 g/mol. The van der Waals surface area contributed by atoms with Gasteiger partial charge in [0.25, 0.3) is 0 Å². The lowest BCUT2D eigenvalue weighted by atomic mass is 9.89. The summed E-state index contributed by atoms with van der Waals surface area (Å²) < 4.78 is 17.8. The minimum Gasteiger partial charge on any atom is -0.390 e. The van der Waals surface area contributed by atoms with Crippen LogP contribution in [0.3, 0.4) is 0 Å². The summed E-state index contributed by atoms with van der Waals surface area (Å²) in [5, 5.41) is 10.9. The van der Waals surface area contributed by atoms with E-state index in [0.717, 1.165) is 30.6 Å². The molecule has 0 saturated carbocycles. The average molecular weight is 461 g/mol. The topological polar surface area (TPSA) is 47.9 Å². The Kier molecular flexibility index (Phi) is 17.6. The van der Waals surface area contributed by atoms with Crippen LogP contribution in [-0.2, 0) is 13.3 Å². The molecule has 188 valence electrons. The van der Waals surface area contributed by atoms with Gasteiger partial charge in [-0.15, -0.1) is 0 Å². The van der Waals surface area contributed by atoms with Gasteiger partial charge < -0.3 is 18.4 Å². The quantitative estimate of drug-likeness (QED) is 0.179. The predicted molar refractivity (Wildman–Crippen MR) is 135 cm³/mol. The standard InChI is InChI=1S/C26H56O4Si/c1-9-28-31(29-10-2,30-11-3)22-21-26(8,27)20-14-19-25(7)18-13-17-24(6)16-12-15-23(4)5/h23-25,27H,9-22H2,1-8H3. The Bertz CT molecular complexity index is 397. The zero-order chi connectivity index (χ0) is 23.8. The maximum absolute atomic E-state index is 10.9. The van der Waals surface area contributed by atoms with Gasteiger partial charge >= 0.3 is 8.80 Å². The summed E-state index contributed by atoms with van der Waals surface area (Å²) in [6, 6.07) is 0.680. The molecule has 0 amide bonds. The molecule has 31 heavy (non-hydrogen) atoms. The van der Waals surface area contributed by atoms with Crippen LogP contribution in [0.15, 0.2) is 0 Å². The first-order valence-corrected chi connectivity index (χ1v) is 15.2. The van der Waals surface area contributed by atoms with Crippen molar-refractivity contribution in [1.82, 2.24) is 0 Å². The molecule has 0 fully saturated rings. The van der Waals surface area contributed by atoms with Gasteiger partial charge in [-0.25, -0.2) is 0 Å². The third-order valence-corrected chi connectivity index (χ3v) is 9.39. The molecule has 0 aliphatic carbocycles. The highest BCUT2D eigenvalue weighted by Crippen LogP contribution is 2.28. The third kappa shape index (κ3) is 16.3. The van der Waals surface area contributed by atoms with E-state index >= 15 is 0 Å². The molecule has 0 saturated heterocycles. The molecule has 0 aromatic rings. The largest absolute Gasteiger partial charge is 0.501 e. The molecule has 0 bridgehead atoms. The van der Waals surface area contributed by atoms with Crippen LogP contribution >= 0.6 is 0 Å². The van der Waals surface area contributed by atoms with Gasteiger partial charge in [-0.3, -0.25) is 0 Å². The van der Waals surface area contributed by atoms with E-state index in [1.165, 1.54) is 44.9 Å². The smallest absolute Gasteiger partial charge is 0.390 e. The fraction of sp³-hybridized carbons (Fsp3) is 1.00. The molecule has 0 spiro atoms. The van der Waals surface area contributed by atoms with Crippen LogP contribution in [0.25, 0.3) is 0 Å². The molecule has 1 N–H and O–H groups in total. The van der Waals surface area contributed by atoms with Gasteiger partial charge in [0.2, 0.25) is 0 Å². The van der Waals surface area contributed by atoms with E-state index in [1.54, 1.807) is 0 Å². The predicted octanol–water partition coefficient (Wildman–Crippen LogP) is 7.62. The number of hydrogen-bond acceptors (Lipinski definition) is 4. The average Bonchev–Trinajstić information content (AvgIpc) is 2.67. The van der Waals surface area contributed by atoms with Gasteiger partial charge in [0.15, 0.2) is 0 Å². The molecule has 0 aliphatic rings. The first-order chi connectivity index (χ1) is 14.6. The molecule has 5 heteroatoms. The second-order valence-corrected chi connectivity index (χ2v) is 13.1. The van der Waals surface area contributed by atoms with E-state index in [2.05, 4.69) is 27.7 Å². The van der Waals surface area contributed by atoms with Crippen molar-refractivity contribution in [2.75, 3.05) is 19.8 Å². The zero-order valence-electron chi connectivity index (χ0n) is 22.3. The van der Waals surface area contributed by atoms with Gasteiger partial charge in [0, 0.05) is 25.9 Å². The van der Waals surface area contributed by atoms with Gasteiger partial charge in [0.1, 0.15) is 0 Å². The first kappa shape index (κ1) is 31.1. The first-order valence-electron chi connectivity index (χ1n) is 13.2. The van der Waals surface area contributed by atoms with Crippen molar-refractivity contribution in [3.05, 3.63) is 0 Å². The number of hydrogen-bond donors (Lipinski definition) is 1. The summed E-state index contributed by atoms with van der Waals surface area (Å²) in [6.07, 6.45) is 11.9. The second kappa shape index (κ2) is 17.5. The summed E-state index contributed by atoms with van der Waals surface area (Å²) in [5.41, 5.74) is -0.686. The lowest BCUT2D eigenvalue weighted by Gasteiger charge is -2.32. The Labute approximate surface area is 196 Å². The number of aliphatic hydroxyl groups is 1. The molecule has 0 radical (unpaired) electrons. The minimum atomic E-state index is -2.67. The summed E-state index contributed by atoms with van der Waals surface area (Å²) in [6.45, 7) is 19.1. The molecule has 0 aliphatic heterocycles. The lowest BCUT2D eigenvalue weighted by molar-refractivity contribution is 0.0266. The van der Waals surface area contributed by atoms with E-state index in [0.29, 0.717) is 32.3 Å². The Morgan fingerprint density at radius 2 is 1.10 bits per heavy atom. The molecule has 0 aromatic carbocycles. The van der Waals surface area contributed by atoms with E-state index < -0.39 is 14.4 Å². The lowest BCUT2D eigenvalue weighted by Crippen LogP contribution is -2.47. The van der Waals surface area contributed by atoms with Crippen molar-refractivity contribution in [3.63, 3.8) is 0 Å². The summed E-state index contributed by atoms with van der Waals surface area (Å²) in [5.74, 6) is 2.43. The van der Waals surface area contributed by atoms with Crippen LogP contribution in [-0.4, -0.2) is 39.3 Å². The van der Waals surface area contributed by atoms with E-state index in [1.807, 2.05) is 27.7 Å². The van der Waals surface area contributed by atoms with E-state index in [9.17, 15) is 5.11 Å². The van der Waals surface area contributed by atoms with Crippen LogP contribution in [0.5, 0.6) is 0 Å². The molecular formula is C26H56O4Si. The Morgan fingerprint density at radius 1 is 0.677 bits per heavy atom. The van der Waals surface area contributed by atoms with Gasteiger partial charge in [0.05, 0.1) is 5.60 Å². The summed E-state index contributed by atoms with van der Waals surface area (Å²) >= 11 is 0. The Morgan fingerprint density at radius 3 is 1.52 bits per heavy atom. The van der Waals surface area contributed by atoms with Crippen LogP contribution < -0.4 is 0 Å². The van der Waals surface area contributed by atoms with E-state index in [4.69, 9.17) is 13.3 Å². The molecule has 3 unspecified atom stereocenters. The van der Waals surface area contributed by atoms with Crippen molar-refractivity contribution in [3.8, 4) is 0 Å². The highest BCUT2D eigenvalue weighted by Gasteiger charge is 2.42. The molecular weight excluding hydrogens is 404 g/mol. The van der Waals surface area contributed by atoms with Crippen LogP contribution in [0.1, 0.15) is 120 Å². The molecule has 3 atom stereocenters. The zero-order valence-corrected chi connectivity index (χ0v) is 23.3. The van der Waals surface area contributed by atoms with Crippen molar-refractivity contribution >= 4 is 8.80 Å². The molecule has 0 heterocycles. The van der Waals surface area contributed by atoms with Gasteiger partial charge in [-0.05, 0) is 58.3 Å². The number of rotatable bonds is 21. The SMILES string of the molecule is CCO[Si](CCC(C)(O)CCCC(C)CCCC(C)CCCC(C)C)(OCC)OCC. The third-order valence-electron chi connectivity index (χ3n) is 6.35. The highest BCUT2D eigenvalue weighted by molar-refractivity contribution is 6.60. The van der Waals surface area contributed by atoms with Crippen molar-refractivity contribution in [2.24, 2.45) is 17.8 Å². The fourth-order valence-electron chi connectivity index (χ4n) is 4.36. The Balaban J connectivity index is 4.18.